The van der Waals surface area contributed by atoms with Crippen LogP contribution < -0.4 is 11.2 Å². The first-order valence-corrected chi connectivity index (χ1v) is 5.03. The van der Waals surface area contributed by atoms with Gasteiger partial charge in [0.2, 0.25) is 0 Å². The highest BCUT2D eigenvalue weighted by Gasteiger charge is 2.31. The predicted octanol–water partition coefficient (Wildman–Crippen LogP) is 2.50. The molecule has 0 saturated heterocycles. The molecule has 1 rings (SSSR count). The Morgan fingerprint density at radius 2 is 2.24 bits per heavy atom. The molecule has 0 fully saturated rings. The summed E-state index contributed by atoms with van der Waals surface area (Å²) in [5, 5.41) is 3.55. The quantitative estimate of drug-likeness (QED) is 0.650. The van der Waals surface area contributed by atoms with Crippen molar-refractivity contribution < 1.29 is 13.2 Å². The lowest BCUT2D eigenvalue weighted by Gasteiger charge is -2.08. The number of hydrazone groups is 1. The molecule has 0 bridgehead atoms. The van der Waals surface area contributed by atoms with E-state index in [0.29, 0.717) is 19.2 Å². The van der Waals surface area contributed by atoms with Gasteiger partial charge in [-0.2, -0.15) is 18.3 Å². The van der Waals surface area contributed by atoms with Crippen LogP contribution >= 0.6 is 11.6 Å². The second-order valence-electron chi connectivity index (χ2n) is 3.05. The summed E-state index contributed by atoms with van der Waals surface area (Å²) < 4.78 is 36.9. The first-order valence-electron chi connectivity index (χ1n) is 4.65. The first-order chi connectivity index (χ1) is 7.95. The number of nitrogens with two attached hydrogens (primary N) is 1. The lowest BCUT2D eigenvalue weighted by atomic mass is 10.3. The largest absolute Gasteiger partial charge is 0.417 e. The molecule has 0 aliphatic rings. The van der Waals surface area contributed by atoms with Crippen molar-refractivity contribution in [1.82, 2.24) is 4.98 Å². The summed E-state index contributed by atoms with van der Waals surface area (Å²) >= 11 is 5.62. The fourth-order valence-corrected chi connectivity index (χ4v) is 1.13. The zero-order chi connectivity index (χ0) is 12.9. The summed E-state index contributed by atoms with van der Waals surface area (Å²) in [6.07, 6.45) is -1.74. The van der Waals surface area contributed by atoms with Crippen molar-refractivity contribution >= 4 is 23.6 Å². The molecule has 8 heteroatoms. The van der Waals surface area contributed by atoms with Crippen LogP contribution in [0.2, 0.25) is 5.02 Å². The molecule has 1 heterocycles. The molecule has 0 aliphatic carbocycles. The molecular weight excluding hydrogens is 257 g/mol. The number of rotatable bonds is 4. The lowest BCUT2D eigenvalue weighted by Crippen LogP contribution is -2.06. The van der Waals surface area contributed by atoms with Crippen LogP contribution in [0, 0.1) is 0 Å². The molecule has 0 aromatic carbocycles. The van der Waals surface area contributed by atoms with E-state index >= 15 is 0 Å². The number of alkyl halides is 3. The Labute approximate surface area is 101 Å². The van der Waals surface area contributed by atoms with Gasteiger partial charge in [0.25, 0.3) is 0 Å². The summed E-state index contributed by atoms with van der Waals surface area (Å²) in [5.41, 5.74) is 6.75. The maximum atomic E-state index is 12.3. The fraction of sp³-hybridized carbons (Fsp3) is 0.333. The molecule has 0 aliphatic heterocycles. The molecule has 3 N–H and O–H groups in total. The van der Waals surface area contributed by atoms with Crippen molar-refractivity contribution in [2.45, 2.75) is 12.6 Å². The number of nitrogens with zero attached hydrogens (tertiary/aromatic N) is 2. The van der Waals surface area contributed by atoms with Crippen LogP contribution in [0.1, 0.15) is 12.0 Å². The Morgan fingerprint density at radius 3 is 2.76 bits per heavy atom. The van der Waals surface area contributed by atoms with Gasteiger partial charge >= 0.3 is 6.18 Å². The van der Waals surface area contributed by atoms with Gasteiger partial charge in [0, 0.05) is 12.4 Å². The minimum Gasteiger partial charge on any atom is -0.330 e. The SMILES string of the molecule is NCC/C=N/Nc1ncc(C(F)(F)F)cc1Cl. The molecular formula is C9H10ClF3N4. The summed E-state index contributed by atoms with van der Waals surface area (Å²) in [6.45, 7) is 0.430. The number of hydrogen-bond donors (Lipinski definition) is 2. The molecule has 94 valence electrons. The van der Waals surface area contributed by atoms with Crippen molar-refractivity contribution in [1.29, 1.82) is 0 Å². The molecule has 0 amide bonds. The van der Waals surface area contributed by atoms with Gasteiger partial charge in [-0.15, -0.1) is 0 Å². The smallest absolute Gasteiger partial charge is 0.330 e. The van der Waals surface area contributed by atoms with Gasteiger partial charge in [-0.1, -0.05) is 11.6 Å². The Balaban J connectivity index is 2.77. The van der Waals surface area contributed by atoms with E-state index in [0.717, 1.165) is 6.07 Å². The van der Waals surface area contributed by atoms with Crippen molar-refractivity contribution in [3.63, 3.8) is 0 Å². The standard InChI is InChI=1S/C9H10ClF3N4/c10-7-4-6(9(11,12)13)5-15-8(7)17-16-3-1-2-14/h3-5H,1-2,14H2,(H,15,17)/b16-3+. The van der Waals surface area contributed by atoms with Gasteiger partial charge in [-0.3, -0.25) is 5.43 Å². The van der Waals surface area contributed by atoms with Crippen LogP contribution in [0.15, 0.2) is 17.4 Å². The van der Waals surface area contributed by atoms with Gasteiger partial charge in [0.15, 0.2) is 5.82 Å². The molecule has 17 heavy (non-hydrogen) atoms. The van der Waals surface area contributed by atoms with Crippen molar-refractivity contribution in [2.24, 2.45) is 10.8 Å². The third-order valence-corrected chi connectivity index (χ3v) is 2.01. The average molecular weight is 267 g/mol. The number of pyridine rings is 1. The molecule has 0 spiro atoms. The molecule has 4 nitrogen and oxygen atoms in total. The van der Waals surface area contributed by atoms with Crippen LogP contribution in [0.4, 0.5) is 19.0 Å². The average Bonchev–Trinajstić information content (AvgIpc) is 2.24. The molecule has 0 radical (unpaired) electrons. The van der Waals surface area contributed by atoms with Crippen molar-refractivity contribution in [3.05, 3.63) is 22.8 Å². The van der Waals surface area contributed by atoms with Gasteiger partial charge in [0.1, 0.15) is 0 Å². The summed E-state index contributed by atoms with van der Waals surface area (Å²) in [4.78, 5) is 3.53. The number of hydrogen-bond acceptors (Lipinski definition) is 4. The highest BCUT2D eigenvalue weighted by Crippen LogP contribution is 2.32. The summed E-state index contributed by atoms with van der Waals surface area (Å²) in [5.74, 6) is 0.0629. The van der Waals surface area contributed by atoms with Crippen molar-refractivity contribution in [2.75, 3.05) is 12.0 Å². The highest BCUT2D eigenvalue weighted by atomic mass is 35.5. The van der Waals surface area contributed by atoms with E-state index in [9.17, 15) is 13.2 Å². The summed E-state index contributed by atoms with van der Waals surface area (Å²) in [7, 11) is 0. The Bertz CT molecular complexity index is 406. The van der Waals surface area contributed by atoms with Gasteiger partial charge in [-0.05, 0) is 19.0 Å². The van der Waals surface area contributed by atoms with E-state index < -0.39 is 11.7 Å². The zero-order valence-electron chi connectivity index (χ0n) is 8.63. The highest BCUT2D eigenvalue weighted by molar-refractivity contribution is 6.32. The number of anilines is 1. The van der Waals surface area contributed by atoms with Crippen LogP contribution in [0.3, 0.4) is 0 Å². The Kier molecular flexibility index (Phi) is 4.71. The second kappa shape index (κ2) is 5.83. The minimum atomic E-state index is -4.46. The normalized spacial score (nSPS) is 12.1. The van der Waals surface area contributed by atoms with Gasteiger partial charge in [-0.25, -0.2) is 4.98 Å². The van der Waals surface area contributed by atoms with Crippen LogP contribution in [0.5, 0.6) is 0 Å². The van der Waals surface area contributed by atoms with E-state index in [-0.39, 0.29) is 10.8 Å². The zero-order valence-corrected chi connectivity index (χ0v) is 9.39. The van der Waals surface area contributed by atoms with Crippen LogP contribution in [-0.4, -0.2) is 17.7 Å². The molecule has 1 aromatic heterocycles. The van der Waals surface area contributed by atoms with E-state index in [1.807, 2.05) is 0 Å². The third kappa shape index (κ3) is 4.20. The van der Waals surface area contributed by atoms with E-state index in [4.69, 9.17) is 17.3 Å². The predicted molar refractivity (Wildman–Crippen MR) is 60.0 cm³/mol. The molecule has 0 unspecified atom stereocenters. The minimum absolute atomic E-state index is 0.0629. The number of aromatic nitrogens is 1. The van der Waals surface area contributed by atoms with E-state index in [1.54, 1.807) is 0 Å². The Morgan fingerprint density at radius 1 is 1.53 bits per heavy atom. The second-order valence-corrected chi connectivity index (χ2v) is 3.46. The first kappa shape index (κ1) is 13.7. The molecule has 0 saturated carbocycles. The maximum absolute atomic E-state index is 12.3. The molecule has 1 aromatic rings. The van der Waals surface area contributed by atoms with E-state index in [2.05, 4.69) is 15.5 Å². The van der Waals surface area contributed by atoms with E-state index in [1.165, 1.54) is 6.21 Å². The Hall–Kier alpha value is -1.34. The summed E-state index contributed by atoms with van der Waals surface area (Å²) in [6, 6.07) is 0.787. The number of halogens is 4. The maximum Gasteiger partial charge on any atom is 0.417 e. The van der Waals surface area contributed by atoms with Crippen LogP contribution in [0.25, 0.3) is 0 Å². The molecule has 0 atom stereocenters. The fourth-order valence-electron chi connectivity index (χ4n) is 0.921. The van der Waals surface area contributed by atoms with Gasteiger partial charge < -0.3 is 5.73 Å². The number of nitrogens with one attached hydrogen (secondary N) is 1. The third-order valence-electron chi connectivity index (χ3n) is 1.73. The van der Waals surface area contributed by atoms with Crippen molar-refractivity contribution in [3.8, 4) is 0 Å². The van der Waals surface area contributed by atoms with Gasteiger partial charge in [0.05, 0.1) is 10.6 Å². The topological polar surface area (TPSA) is 63.3 Å². The van der Waals surface area contributed by atoms with Crippen LogP contribution in [-0.2, 0) is 6.18 Å². The monoisotopic (exact) mass is 266 g/mol. The lowest BCUT2D eigenvalue weighted by molar-refractivity contribution is -0.137.